The van der Waals surface area contributed by atoms with Crippen LogP contribution in [0.1, 0.15) is 52.5 Å². The Morgan fingerprint density at radius 3 is 2.26 bits per heavy atom. The quantitative estimate of drug-likeness (QED) is 0.508. The zero-order chi connectivity index (χ0) is 26.3. The van der Waals surface area contributed by atoms with Crippen LogP contribution in [0.4, 0.5) is 0 Å². The molecule has 8 heteroatoms. The third-order valence-corrected chi connectivity index (χ3v) is 4.76. The minimum absolute atomic E-state index is 0.100. The van der Waals surface area contributed by atoms with Crippen molar-refractivity contribution in [3.63, 3.8) is 0 Å². The minimum atomic E-state index is -1.02. The van der Waals surface area contributed by atoms with Crippen LogP contribution < -0.4 is 10.6 Å². The first-order valence-electron chi connectivity index (χ1n) is 11.6. The second-order valence-electron chi connectivity index (χ2n) is 8.35. The highest BCUT2D eigenvalue weighted by atomic mass is 16.4. The number of aryl methyl sites for hydroxylation is 1. The first-order valence-corrected chi connectivity index (χ1v) is 11.6. The summed E-state index contributed by atoms with van der Waals surface area (Å²) in [4.78, 5) is 34.5. The molecule has 1 aromatic carbocycles. The van der Waals surface area contributed by atoms with E-state index in [-0.39, 0.29) is 37.0 Å². The first-order chi connectivity index (χ1) is 16.0. The van der Waals surface area contributed by atoms with Crippen molar-refractivity contribution in [2.75, 3.05) is 33.7 Å². The number of carbonyl (C=O) groups is 3. The molecular formula is C26H42N4O4. The number of fused-ring (bicyclic) bond motifs is 1. The first kappa shape index (κ1) is 30.9. The van der Waals surface area contributed by atoms with E-state index in [1.54, 1.807) is 7.05 Å². The Morgan fingerprint density at radius 2 is 1.74 bits per heavy atom. The molecule has 2 rings (SSSR count). The van der Waals surface area contributed by atoms with Crippen molar-refractivity contribution in [2.24, 2.45) is 7.05 Å². The number of aliphatic carboxylic acids is 1. The van der Waals surface area contributed by atoms with Gasteiger partial charge >= 0.3 is 5.97 Å². The average Bonchev–Trinajstić information content (AvgIpc) is 3.13. The summed E-state index contributed by atoms with van der Waals surface area (Å²) in [6.07, 6.45) is 4.92. The van der Waals surface area contributed by atoms with E-state index in [1.807, 2.05) is 0 Å². The lowest BCUT2D eigenvalue weighted by Gasteiger charge is -2.15. The molecule has 0 atom stereocenters. The molecule has 3 N–H and O–H groups in total. The molecule has 190 valence electrons. The lowest BCUT2D eigenvalue weighted by molar-refractivity contribution is -0.133. The highest BCUT2D eigenvalue weighted by Crippen LogP contribution is 2.26. The number of carbonyl (C=O) groups excluding carboxylic acids is 2. The van der Waals surface area contributed by atoms with Crippen LogP contribution in [0, 0.1) is 0 Å². The Kier molecular flexibility index (Phi) is 15.0. The summed E-state index contributed by atoms with van der Waals surface area (Å²) in [5, 5.41) is 15.1. The zero-order valence-electron chi connectivity index (χ0n) is 21.9. The molecule has 0 spiro atoms. The number of carboxylic acid groups (broad SMARTS) is 1. The van der Waals surface area contributed by atoms with Crippen molar-refractivity contribution in [2.45, 2.75) is 47.0 Å². The van der Waals surface area contributed by atoms with E-state index in [9.17, 15) is 14.4 Å². The maximum absolute atomic E-state index is 11.5. The van der Waals surface area contributed by atoms with E-state index in [0.717, 1.165) is 0 Å². The highest BCUT2D eigenvalue weighted by Gasteiger charge is 2.10. The van der Waals surface area contributed by atoms with Gasteiger partial charge < -0.3 is 25.2 Å². The van der Waals surface area contributed by atoms with E-state index in [4.69, 9.17) is 5.11 Å². The van der Waals surface area contributed by atoms with Crippen LogP contribution in [0.2, 0.25) is 0 Å². The van der Waals surface area contributed by atoms with Crippen molar-refractivity contribution in [1.82, 2.24) is 20.1 Å². The number of nitrogens with zero attached hydrogens (tertiary/aromatic N) is 2. The molecule has 0 saturated carbocycles. The number of para-hydroxylation sites is 1. The van der Waals surface area contributed by atoms with Crippen LogP contribution in [0.5, 0.6) is 0 Å². The SMILES string of the molecule is CC(C)c1cn(C)c2ccccc12.CCC.CNCC(=O)NCC(=O)N(C)C/C=C(\C)C(=O)O. The monoisotopic (exact) mass is 474 g/mol. The molecule has 8 nitrogen and oxygen atoms in total. The Balaban J connectivity index is 0.000000592. The molecular weight excluding hydrogens is 432 g/mol. The Morgan fingerprint density at radius 1 is 1.15 bits per heavy atom. The highest BCUT2D eigenvalue weighted by molar-refractivity contribution is 5.87. The molecule has 1 heterocycles. The number of hydrogen-bond donors (Lipinski definition) is 3. The van der Waals surface area contributed by atoms with Gasteiger partial charge in [-0.25, -0.2) is 4.79 Å². The molecule has 0 fully saturated rings. The largest absolute Gasteiger partial charge is 0.478 e. The average molecular weight is 475 g/mol. The van der Waals surface area contributed by atoms with Gasteiger partial charge in [0.15, 0.2) is 0 Å². The lowest BCUT2D eigenvalue weighted by atomic mass is 10.0. The molecule has 0 saturated heterocycles. The number of likely N-dealkylation sites (N-methyl/N-ethyl adjacent to an activating group) is 2. The van der Waals surface area contributed by atoms with Crippen LogP contribution in [-0.2, 0) is 21.4 Å². The van der Waals surface area contributed by atoms with E-state index >= 15 is 0 Å². The molecule has 0 aliphatic carbocycles. The number of carboxylic acids is 1. The number of rotatable bonds is 8. The molecule has 0 aliphatic heterocycles. The molecule has 2 amide bonds. The van der Waals surface area contributed by atoms with Gasteiger partial charge in [0, 0.05) is 43.3 Å². The molecule has 34 heavy (non-hydrogen) atoms. The molecule has 0 radical (unpaired) electrons. The van der Waals surface area contributed by atoms with Crippen LogP contribution in [-0.4, -0.2) is 66.1 Å². The number of nitrogens with one attached hydrogen (secondary N) is 2. The fourth-order valence-corrected chi connectivity index (χ4v) is 2.83. The normalized spacial score (nSPS) is 10.7. The standard InChI is InChI=1S/C12H15N.C11H19N3O4.C3H8/c1-9(2)11-8-13(3)12-7-5-4-6-10(11)12;1-8(11(17)18)4-5-14(3)10(16)7-13-9(15)6-12-2;1-3-2/h4-9H,1-3H3;4,12H,5-7H2,1-3H3,(H,13,15)(H,17,18);3H2,1-2H3/b;8-4+;. The summed E-state index contributed by atoms with van der Waals surface area (Å²) in [5.41, 5.74) is 2.94. The summed E-state index contributed by atoms with van der Waals surface area (Å²) in [7, 11) is 5.28. The van der Waals surface area contributed by atoms with Gasteiger partial charge in [-0.3, -0.25) is 9.59 Å². The van der Waals surface area contributed by atoms with Crippen LogP contribution in [0.3, 0.4) is 0 Å². The van der Waals surface area contributed by atoms with E-state index < -0.39 is 5.97 Å². The number of hydrogen-bond acceptors (Lipinski definition) is 4. The zero-order valence-corrected chi connectivity index (χ0v) is 21.9. The Bertz CT molecular complexity index is 947. The topological polar surface area (TPSA) is 104 Å². The number of amides is 2. The van der Waals surface area contributed by atoms with E-state index in [0.29, 0.717) is 5.92 Å². The number of aromatic nitrogens is 1. The summed E-state index contributed by atoms with van der Waals surface area (Å²) >= 11 is 0. The smallest absolute Gasteiger partial charge is 0.331 e. The fourth-order valence-electron chi connectivity index (χ4n) is 2.83. The molecule has 1 aromatic heterocycles. The van der Waals surface area contributed by atoms with Crippen molar-refractivity contribution in [3.8, 4) is 0 Å². The summed E-state index contributed by atoms with van der Waals surface area (Å²) < 4.78 is 2.20. The molecule has 0 aliphatic rings. The summed E-state index contributed by atoms with van der Waals surface area (Å²) in [6, 6.07) is 8.56. The Labute approximate surface area is 204 Å². The fraction of sp³-hybridized carbons (Fsp3) is 0.500. The van der Waals surface area contributed by atoms with Crippen molar-refractivity contribution < 1.29 is 19.5 Å². The van der Waals surface area contributed by atoms with Gasteiger partial charge in [0.2, 0.25) is 11.8 Å². The second-order valence-corrected chi connectivity index (χ2v) is 8.35. The van der Waals surface area contributed by atoms with Gasteiger partial charge in [-0.1, -0.05) is 58.4 Å². The third kappa shape index (κ3) is 11.1. The van der Waals surface area contributed by atoms with Gasteiger partial charge in [-0.2, -0.15) is 0 Å². The van der Waals surface area contributed by atoms with Gasteiger partial charge in [0.25, 0.3) is 0 Å². The second kappa shape index (κ2) is 16.5. The maximum atomic E-state index is 11.5. The van der Waals surface area contributed by atoms with Crippen molar-refractivity contribution >= 4 is 28.7 Å². The predicted molar refractivity (Wildman–Crippen MR) is 139 cm³/mol. The maximum Gasteiger partial charge on any atom is 0.331 e. The summed E-state index contributed by atoms with van der Waals surface area (Å²) in [5.74, 6) is -0.963. The van der Waals surface area contributed by atoms with Gasteiger partial charge in [-0.15, -0.1) is 0 Å². The van der Waals surface area contributed by atoms with Gasteiger partial charge in [-0.05, 0) is 31.5 Å². The molecule has 0 unspecified atom stereocenters. The van der Waals surface area contributed by atoms with Crippen molar-refractivity contribution in [1.29, 1.82) is 0 Å². The van der Waals surface area contributed by atoms with Gasteiger partial charge in [0.1, 0.15) is 0 Å². The van der Waals surface area contributed by atoms with E-state index in [1.165, 1.54) is 47.8 Å². The lowest BCUT2D eigenvalue weighted by Crippen LogP contribution is -2.41. The Hall–Kier alpha value is -3.13. The summed E-state index contributed by atoms with van der Waals surface area (Å²) in [6.45, 7) is 10.4. The minimum Gasteiger partial charge on any atom is -0.478 e. The van der Waals surface area contributed by atoms with Gasteiger partial charge in [0.05, 0.1) is 13.1 Å². The number of benzene rings is 1. The molecule has 0 bridgehead atoms. The predicted octanol–water partition coefficient (Wildman–Crippen LogP) is 3.53. The van der Waals surface area contributed by atoms with Crippen molar-refractivity contribution in [3.05, 3.63) is 47.7 Å². The third-order valence-electron chi connectivity index (χ3n) is 4.76. The van der Waals surface area contributed by atoms with Crippen LogP contribution in [0.15, 0.2) is 42.1 Å². The van der Waals surface area contributed by atoms with Crippen LogP contribution in [0.25, 0.3) is 10.9 Å². The van der Waals surface area contributed by atoms with E-state index in [2.05, 4.69) is 80.4 Å². The van der Waals surface area contributed by atoms with Crippen LogP contribution >= 0.6 is 0 Å². The molecule has 2 aromatic rings.